The third-order valence-electron chi connectivity index (χ3n) is 15.3. The molecule has 2 bridgehead atoms. The van der Waals surface area contributed by atoms with Gasteiger partial charge in [0.2, 0.25) is 0 Å². The monoisotopic (exact) mass is 596 g/mol. The molecule has 0 unspecified atom stereocenters. The van der Waals surface area contributed by atoms with Crippen LogP contribution in [0.5, 0.6) is 0 Å². The van der Waals surface area contributed by atoms with E-state index >= 15 is 0 Å². The van der Waals surface area contributed by atoms with E-state index in [1.54, 1.807) is 12.1 Å². The number of fused-ring (bicyclic) bond motifs is 5. The van der Waals surface area contributed by atoms with Gasteiger partial charge in [0.15, 0.2) is 5.78 Å². The smallest absolute Gasteiger partial charge is 0.377 e. The summed E-state index contributed by atoms with van der Waals surface area (Å²) in [6.45, 7) is 17.5. The van der Waals surface area contributed by atoms with E-state index < -0.39 is 17.2 Å². The summed E-state index contributed by atoms with van der Waals surface area (Å²) in [4.78, 5) is 14.1. The van der Waals surface area contributed by atoms with Gasteiger partial charge in [-0.25, -0.2) is 0 Å². The number of allylic oxidation sites excluding steroid dienone is 1. The number of Topliss-reactive ketones (excluding diaryl/α,β-unsaturated/α-hetero) is 1. The van der Waals surface area contributed by atoms with E-state index in [1.165, 1.54) is 44.2 Å². The summed E-state index contributed by atoms with van der Waals surface area (Å²) in [6.07, 6.45) is 7.56. The summed E-state index contributed by atoms with van der Waals surface area (Å²) in [6, 6.07) is 5.72. The molecule has 5 aliphatic carbocycles. The molecule has 0 spiro atoms. The third kappa shape index (κ3) is 3.84. The minimum Gasteiger partial charge on any atom is -0.377 e. The average molecular weight is 597 g/mol. The molecule has 0 radical (unpaired) electrons. The molecule has 236 valence electrons. The van der Waals surface area contributed by atoms with Crippen LogP contribution in [0, 0.1) is 56.2 Å². The average Bonchev–Trinajstić information content (AvgIpc) is 3.25. The second-order valence-corrected chi connectivity index (χ2v) is 17.8. The standard InChI is InChI=1S/C38H51F3O2/c1-32(2)16-18-37-19-17-35(6)26(29(37)31(32)43-22-37)12-13-28-34(5)21-24(20-23-10-8-9-11-25(23)38(39,40)41)30(42)33(3,4)27(34)14-15-36(28,35)7/h8-11,20,26-29,31H,12-19,21-22H2,1-7H3/b24-20+/t26-,27+,28+,29+,31+,34-,35+,36+,37+/m0/s1. The first-order valence-electron chi connectivity index (χ1n) is 16.9. The third-order valence-corrected chi connectivity index (χ3v) is 15.3. The van der Waals surface area contributed by atoms with Crippen molar-refractivity contribution in [3.8, 4) is 0 Å². The maximum Gasteiger partial charge on any atom is 0.416 e. The van der Waals surface area contributed by atoms with E-state index in [1.807, 2.05) is 0 Å². The van der Waals surface area contributed by atoms with Gasteiger partial charge in [-0.05, 0) is 132 Å². The Morgan fingerprint density at radius 3 is 2.26 bits per heavy atom. The van der Waals surface area contributed by atoms with E-state index in [0.717, 1.165) is 31.9 Å². The molecule has 0 aromatic heterocycles. The van der Waals surface area contributed by atoms with Gasteiger partial charge in [0, 0.05) is 5.41 Å². The first-order valence-corrected chi connectivity index (χ1v) is 16.9. The van der Waals surface area contributed by atoms with Crippen LogP contribution in [0.15, 0.2) is 29.8 Å². The van der Waals surface area contributed by atoms with Crippen LogP contribution in [0.4, 0.5) is 13.2 Å². The molecule has 9 atom stereocenters. The van der Waals surface area contributed by atoms with Gasteiger partial charge >= 0.3 is 6.18 Å². The molecule has 1 aromatic carbocycles. The number of rotatable bonds is 1. The summed E-state index contributed by atoms with van der Waals surface area (Å²) in [7, 11) is 0. The van der Waals surface area contributed by atoms with Gasteiger partial charge in [-0.3, -0.25) is 4.79 Å². The molecule has 5 heteroatoms. The Hall–Kier alpha value is -1.62. The Morgan fingerprint density at radius 2 is 1.53 bits per heavy atom. The van der Waals surface area contributed by atoms with Crippen LogP contribution < -0.4 is 0 Å². The van der Waals surface area contributed by atoms with Gasteiger partial charge in [-0.2, -0.15) is 13.2 Å². The molecule has 6 aliphatic rings. The van der Waals surface area contributed by atoms with Crippen molar-refractivity contribution in [2.24, 2.45) is 56.2 Å². The zero-order chi connectivity index (χ0) is 31.0. The maximum absolute atomic E-state index is 14.1. The Labute approximate surface area is 256 Å². The molecular formula is C38H51F3O2. The zero-order valence-corrected chi connectivity index (χ0v) is 27.3. The predicted molar refractivity (Wildman–Crippen MR) is 164 cm³/mol. The van der Waals surface area contributed by atoms with Crippen LogP contribution in [0.3, 0.4) is 0 Å². The molecule has 6 fully saturated rings. The van der Waals surface area contributed by atoms with Crippen molar-refractivity contribution < 1.29 is 22.7 Å². The molecule has 1 aromatic rings. The van der Waals surface area contributed by atoms with Crippen molar-refractivity contribution in [3.05, 3.63) is 41.0 Å². The summed E-state index contributed by atoms with van der Waals surface area (Å²) in [5.41, 5.74) is 0.143. The highest BCUT2D eigenvalue weighted by atomic mass is 19.4. The lowest BCUT2D eigenvalue weighted by atomic mass is 9.31. The molecule has 1 aliphatic heterocycles. The minimum absolute atomic E-state index is 0.0354. The van der Waals surface area contributed by atoms with Crippen molar-refractivity contribution in [1.29, 1.82) is 0 Å². The van der Waals surface area contributed by atoms with Crippen LogP contribution in [0.2, 0.25) is 0 Å². The first kappa shape index (κ1) is 30.1. The van der Waals surface area contributed by atoms with Crippen molar-refractivity contribution in [3.63, 3.8) is 0 Å². The van der Waals surface area contributed by atoms with Gasteiger partial charge in [0.25, 0.3) is 0 Å². The van der Waals surface area contributed by atoms with Crippen LogP contribution in [0.25, 0.3) is 6.08 Å². The Kier molecular flexibility index (Phi) is 6.30. The summed E-state index contributed by atoms with van der Waals surface area (Å²) >= 11 is 0. The lowest BCUT2D eigenvalue weighted by molar-refractivity contribution is -0.236. The molecule has 7 rings (SSSR count). The lowest BCUT2D eigenvalue weighted by Gasteiger charge is -2.73. The number of alkyl halides is 3. The number of carbonyl (C=O) groups excluding carboxylic acids is 1. The summed E-state index contributed by atoms with van der Waals surface area (Å²) in [5.74, 6) is 1.95. The van der Waals surface area contributed by atoms with Crippen molar-refractivity contribution in [2.75, 3.05) is 6.61 Å². The normalized spacial score (nSPS) is 47.3. The quantitative estimate of drug-likeness (QED) is 0.302. The fraction of sp³-hybridized carbons (Fsp3) is 0.763. The first-order chi connectivity index (χ1) is 19.9. The topological polar surface area (TPSA) is 26.3 Å². The minimum atomic E-state index is -4.46. The summed E-state index contributed by atoms with van der Waals surface area (Å²) in [5, 5.41) is 0. The number of halogens is 3. The Morgan fingerprint density at radius 1 is 0.837 bits per heavy atom. The van der Waals surface area contributed by atoms with Gasteiger partial charge in [-0.1, -0.05) is 66.7 Å². The van der Waals surface area contributed by atoms with Gasteiger partial charge in [-0.15, -0.1) is 0 Å². The maximum atomic E-state index is 14.1. The SMILES string of the molecule is CC1(C)CC[C@]23CC[C@]4(C)[C@@H](CC[C@@H]5[C@@]6(C)C/C(=C\c7ccccc7C(F)(F)F)C(=O)C(C)(C)[C@H]6CC[C@]54C)[C@@H]2[C@H]1OC3. The van der Waals surface area contributed by atoms with Gasteiger partial charge in [0.05, 0.1) is 18.3 Å². The van der Waals surface area contributed by atoms with Crippen molar-refractivity contribution in [2.45, 2.75) is 119 Å². The van der Waals surface area contributed by atoms with Gasteiger partial charge in [0.1, 0.15) is 0 Å². The molecule has 43 heavy (non-hydrogen) atoms. The molecule has 1 heterocycles. The zero-order valence-electron chi connectivity index (χ0n) is 27.3. The largest absolute Gasteiger partial charge is 0.416 e. The number of hydrogen-bond donors (Lipinski definition) is 0. The molecule has 0 N–H and O–H groups in total. The lowest BCUT2D eigenvalue weighted by Crippen LogP contribution is -2.67. The van der Waals surface area contributed by atoms with E-state index in [2.05, 4.69) is 48.5 Å². The number of ketones is 1. The van der Waals surface area contributed by atoms with Crippen molar-refractivity contribution in [1.82, 2.24) is 0 Å². The number of hydrogen-bond acceptors (Lipinski definition) is 2. The van der Waals surface area contributed by atoms with Crippen LogP contribution in [0.1, 0.15) is 117 Å². The van der Waals surface area contributed by atoms with E-state index in [-0.39, 0.29) is 38.9 Å². The molecule has 5 saturated carbocycles. The Bertz CT molecular complexity index is 1370. The highest BCUT2D eigenvalue weighted by molar-refractivity contribution is 6.04. The number of benzene rings is 1. The second-order valence-electron chi connectivity index (χ2n) is 17.8. The Balaban J connectivity index is 1.29. The van der Waals surface area contributed by atoms with Gasteiger partial charge < -0.3 is 4.74 Å². The highest BCUT2D eigenvalue weighted by Gasteiger charge is 2.73. The second kappa shape index (κ2) is 9.01. The van der Waals surface area contributed by atoms with E-state index in [4.69, 9.17) is 4.74 Å². The fourth-order valence-corrected chi connectivity index (χ4v) is 13.0. The molecular weight excluding hydrogens is 545 g/mol. The predicted octanol–water partition coefficient (Wildman–Crippen LogP) is 10.2. The van der Waals surface area contributed by atoms with Crippen LogP contribution in [-0.4, -0.2) is 18.5 Å². The van der Waals surface area contributed by atoms with E-state index in [0.29, 0.717) is 41.3 Å². The van der Waals surface area contributed by atoms with Crippen molar-refractivity contribution >= 4 is 11.9 Å². The molecule has 0 amide bonds. The molecule has 2 nitrogen and oxygen atoms in total. The number of carbonyl (C=O) groups is 1. The fourth-order valence-electron chi connectivity index (χ4n) is 13.0. The van der Waals surface area contributed by atoms with E-state index in [9.17, 15) is 18.0 Å². The van der Waals surface area contributed by atoms with Crippen LogP contribution in [-0.2, 0) is 15.7 Å². The highest BCUT2D eigenvalue weighted by Crippen LogP contribution is 2.78. The molecule has 1 saturated heterocycles. The number of ether oxygens (including phenoxy) is 1. The summed E-state index contributed by atoms with van der Waals surface area (Å²) < 4.78 is 48.6. The van der Waals surface area contributed by atoms with Crippen LogP contribution >= 0.6 is 0 Å².